The lowest BCUT2D eigenvalue weighted by Gasteiger charge is -2.00. The quantitative estimate of drug-likeness (QED) is 0.843. The summed E-state index contributed by atoms with van der Waals surface area (Å²) in [5.74, 6) is -0.421. The van der Waals surface area contributed by atoms with Gasteiger partial charge in [-0.1, -0.05) is 42.5 Å². The van der Waals surface area contributed by atoms with E-state index in [1.807, 2.05) is 30.3 Å². The summed E-state index contributed by atoms with van der Waals surface area (Å²) in [5.41, 5.74) is 0.957. The largest absolute Gasteiger partial charge is 0.359 e. The first-order valence-corrected chi connectivity index (χ1v) is 7.48. The van der Waals surface area contributed by atoms with Gasteiger partial charge in [-0.05, 0) is 5.56 Å². The highest BCUT2D eigenvalue weighted by Crippen LogP contribution is 2.02. The summed E-state index contributed by atoms with van der Waals surface area (Å²) in [5, 5.41) is 2.40. The van der Waals surface area contributed by atoms with Gasteiger partial charge in [0.15, 0.2) is 9.84 Å². The number of hydrogen-bond donors (Lipinski definition) is 1. The predicted octanol–water partition coefficient (Wildman–Crippen LogP) is 1.25. The van der Waals surface area contributed by atoms with Gasteiger partial charge in [0, 0.05) is 13.5 Å². The smallest absolute Gasteiger partial charge is 0.220 e. The minimum absolute atomic E-state index is 0.0119. The average molecular weight is 267 g/mol. The molecule has 1 aromatic carbocycles. The van der Waals surface area contributed by atoms with E-state index in [1.54, 1.807) is 12.2 Å². The van der Waals surface area contributed by atoms with Gasteiger partial charge in [0.25, 0.3) is 0 Å². The molecule has 1 N–H and O–H groups in total. The van der Waals surface area contributed by atoms with Gasteiger partial charge in [-0.25, -0.2) is 8.42 Å². The maximum atomic E-state index is 11.6. The molecule has 0 unspecified atom stereocenters. The Labute approximate surface area is 108 Å². The lowest BCUT2D eigenvalue weighted by Crippen LogP contribution is -2.22. The van der Waals surface area contributed by atoms with Crippen molar-refractivity contribution in [3.05, 3.63) is 42.0 Å². The molecule has 1 amide bonds. The minimum Gasteiger partial charge on any atom is -0.359 e. The van der Waals surface area contributed by atoms with Crippen molar-refractivity contribution in [1.29, 1.82) is 0 Å². The zero-order valence-corrected chi connectivity index (χ0v) is 11.1. The van der Waals surface area contributed by atoms with Crippen molar-refractivity contribution < 1.29 is 13.2 Å². The molecule has 18 heavy (non-hydrogen) atoms. The van der Waals surface area contributed by atoms with Gasteiger partial charge in [-0.15, -0.1) is 0 Å². The molecule has 4 nitrogen and oxygen atoms in total. The molecular weight excluding hydrogens is 250 g/mol. The maximum absolute atomic E-state index is 11.6. The van der Waals surface area contributed by atoms with E-state index in [0.717, 1.165) is 5.56 Å². The van der Waals surface area contributed by atoms with E-state index in [0.29, 0.717) is 0 Å². The second-order valence-corrected chi connectivity index (χ2v) is 6.08. The number of benzene rings is 1. The first kappa shape index (κ1) is 14.4. The third kappa shape index (κ3) is 5.63. The molecule has 0 aliphatic rings. The normalized spacial score (nSPS) is 11.6. The summed E-state index contributed by atoms with van der Waals surface area (Å²) >= 11 is 0. The van der Waals surface area contributed by atoms with E-state index in [9.17, 15) is 13.2 Å². The van der Waals surface area contributed by atoms with Gasteiger partial charge in [0.2, 0.25) is 5.91 Å². The Morgan fingerprint density at radius 1 is 1.28 bits per heavy atom. The van der Waals surface area contributed by atoms with E-state index in [2.05, 4.69) is 5.32 Å². The van der Waals surface area contributed by atoms with Crippen molar-refractivity contribution in [1.82, 2.24) is 5.32 Å². The minimum atomic E-state index is -3.20. The fourth-order valence-electron chi connectivity index (χ4n) is 1.35. The van der Waals surface area contributed by atoms with Crippen LogP contribution in [-0.2, 0) is 14.6 Å². The molecular formula is C13H17NO3S. The zero-order chi connectivity index (χ0) is 13.4. The van der Waals surface area contributed by atoms with Crippen molar-refractivity contribution in [2.24, 2.45) is 0 Å². The highest BCUT2D eigenvalue weighted by atomic mass is 32.2. The van der Waals surface area contributed by atoms with Gasteiger partial charge in [0.1, 0.15) is 0 Å². The molecule has 5 heteroatoms. The Hall–Kier alpha value is -1.62. The van der Waals surface area contributed by atoms with Crippen LogP contribution in [0.4, 0.5) is 0 Å². The van der Waals surface area contributed by atoms with Crippen LogP contribution in [0.15, 0.2) is 36.4 Å². The molecule has 0 heterocycles. The van der Waals surface area contributed by atoms with Crippen LogP contribution in [-0.4, -0.2) is 32.9 Å². The Morgan fingerprint density at radius 3 is 2.56 bits per heavy atom. The highest BCUT2D eigenvalue weighted by Gasteiger charge is 2.10. The van der Waals surface area contributed by atoms with Crippen LogP contribution in [0.5, 0.6) is 0 Å². The summed E-state index contributed by atoms with van der Waals surface area (Å²) in [7, 11) is -1.71. The molecule has 0 saturated carbocycles. The van der Waals surface area contributed by atoms with Crippen LogP contribution in [0.2, 0.25) is 0 Å². The van der Waals surface area contributed by atoms with Gasteiger partial charge in [-0.2, -0.15) is 0 Å². The van der Waals surface area contributed by atoms with Crippen LogP contribution in [0.3, 0.4) is 0 Å². The maximum Gasteiger partial charge on any atom is 0.220 e. The lowest BCUT2D eigenvalue weighted by atomic mass is 10.2. The summed E-state index contributed by atoms with van der Waals surface area (Å²) < 4.78 is 23.2. The third-order valence-corrected chi connectivity index (χ3v) is 3.91. The summed E-state index contributed by atoms with van der Waals surface area (Å²) in [6.07, 6.45) is 3.38. The molecule has 0 spiro atoms. The highest BCUT2D eigenvalue weighted by molar-refractivity contribution is 7.91. The first-order valence-electron chi connectivity index (χ1n) is 5.66. The van der Waals surface area contributed by atoms with Crippen molar-refractivity contribution in [2.45, 2.75) is 6.42 Å². The summed E-state index contributed by atoms with van der Waals surface area (Å²) in [6.45, 7) is 0. The number of amides is 1. The van der Waals surface area contributed by atoms with E-state index >= 15 is 0 Å². The topological polar surface area (TPSA) is 63.2 Å². The van der Waals surface area contributed by atoms with E-state index in [4.69, 9.17) is 0 Å². The number of sulfone groups is 1. The van der Waals surface area contributed by atoms with E-state index in [-0.39, 0.29) is 23.8 Å². The molecule has 98 valence electrons. The Bertz CT molecular complexity index is 506. The summed E-state index contributed by atoms with van der Waals surface area (Å²) in [4.78, 5) is 11.0. The van der Waals surface area contributed by atoms with Crippen LogP contribution in [0.25, 0.3) is 6.08 Å². The number of hydrogen-bond acceptors (Lipinski definition) is 3. The number of carbonyl (C=O) groups is 1. The van der Waals surface area contributed by atoms with Crippen LogP contribution < -0.4 is 5.32 Å². The molecule has 0 atom stereocenters. The van der Waals surface area contributed by atoms with Crippen molar-refractivity contribution in [3.8, 4) is 0 Å². The molecule has 0 aliphatic carbocycles. The van der Waals surface area contributed by atoms with Crippen LogP contribution in [0, 0.1) is 0 Å². The van der Waals surface area contributed by atoms with E-state index < -0.39 is 9.84 Å². The Morgan fingerprint density at radius 2 is 1.94 bits per heavy atom. The lowest BCUT2D eigenvalue weighted by molar-refractivity contribution is -0.120. The predicted molar refractivity (Wildman–Crippen MR) is 72.8 cm³/mol. The molecule has 0 bridgehead atoms. The summed E-state index contributed by atoms with van der Waals surface area (Å²) in [6, 6.07) is 9.47. The fraction of sp³-hybridized carbons (Fsp3) is 0.308. The zero-order valence-electron chi connectivity index (χ0n) is 10.3. The molecule has 1 aromatic rings. The molecule has 0 fully saturated rings. The Balaban J connectivity index is 2.47. The average Bonchev–Trinajstić information content (AvgIpc) is 2.37. The van der Waals surface area contributed by atoms with Gasteiger partial charge >= 0.3 is 0 Å². The van der Waals surface area contributed by atoms with Crippen molar-refractivity contribution >= 4 is 21.8 Å². The molecule has 1 rings (SSSR count). The van der Waals surface area contributed by atoms with Gasteiger partial charge in [-0.3, -0.25) is 4.79 Å². The van der Waals surface area contributed by atoms with Crippen LogP contribution in [0.1, 0.15) is 12.0 Å². The second kappa shape index (κ2) is 6.96. The third-order valence-electron chi connectivity index (χ3n) is 2.38. The first-order chi connectivity index (χ1) is 8.53. The van der Waals surface area contributed by atoms with E-state index in [1.165, 1.54) is 7.05 Å². The van der Waals surface area contributed by atoms with Crippen molar-refractivity contribution in [2.75, 3.05) is 18.6 Å². The Kier molecular flexibility index (Phi) is 5.58. The number of carbonyl (C=O) groups excluding carboxylic acids is 1. The van der Waals surface area contributed by atoms with Crippen LogP contribution >= 0.6 is 0 Å². The molecule has 0 aliphatic heterocycles. The van der Waals surface area contributed by atoms with Crippen molar-refractivity contribution in [3.63, 3.8) is 0 Å². The molecule has 0 saturated heterocycles. The standard InChI is InChI=1S/C13H17NO3S/c1-14-13(15)9-11-18(16,17)10-5-8-12-6-3-2-4-7-12/h2-8H,9-11H2,1H3,(H,14,15). The monoisotopic (exact) mass is 267 g/mol. The fourth-order valence-corrected chi connectivity index (χ4v) is 2.40. The molecule has 0 radical (unpaired) electrons. The molecule has 0 aromatic heterocycles. The second-order valence-electron chi connectivity index (χ2n) is 3.85. The SMILES string of the molecule is CNC(=O)CCS(=O)(=O)CC=Cc1ccccc1. The van der Waals surface area contributed by atoms with Gasteiger partial charge < -0.3 is 5.32 Å². The van der Waals surface area contributed by atoms with Gasteiger partial charge in [0.05, 0.1) is 11.5 Å². The number of nitrogens with one attached hydrogen (secondary N) is 1. The number of rotatable bonds is 6.